The highest BCUT2D eigenvalue weighted by Crippen LogP contribution is 2.16. The summed E-state index contributed by atoms with van der Waals surface area (Å²) in [6, 6.07) is 1.61. The second kappa shape index (κ2) is 6.13. The van der Waals surface area contributed by atoms with Crippen LogP contribution in [0.25, 0.3) is 0 Å². The molecule has 1 aromatic rings. The molecule has 1 aliphatic heterocycles. The number of ether oxygens (including phenoxy) is 1. The summed E-state index contributed by atoms with van der Waals surface area (Å²) in [7, 11) is 0. The summed E-state index contributed by atoms with van der Waals surface area (Å²) in [5.74, 6) is 0.468. The van der Waals surface area contributed by atoms with Crippen LogP contribution in [-0.4, -0.2) is 28.2 Å². The fourth-order valence-electron chi connectivity index (χ4n) is 1.67. The molecule has 1 aromatic heterocycles. The number of aromatic nitrogens is 2. The van der Waals surface area contributed by atoms with Crippen molar-refractivity contribution in [1.82, 2.24) is 15.3 Å². The second-order valence-corrected chi connectivity index (χ2v) is 5.85. The van der Waals surface area contributed by atoms with Crippen LogP contribution in [0.15, 0.2) is 36.3 Å². The summed E-state index contributed by atoms with van der Waals surface area (Å²) in [6.45, 7) is 5.87. The van der Waals surface area contributed by atoms with Crippen LogP contribution in [0, 0.1) is 0 Å². The first-order valence-corrected chi connectivity index (χ1v) is 6.84. The summed E-state index contributed by atoms with van der Waals surface area (Å²) in [6.07, 6.45) is 6.49. The smallest absolute Gasteiger partial charge is 0.411 e. The molecule has 0 aromatic carbocycles. The van der Waals surface area contributed by atoms with Crippen molar-refractivity contribution in [3.63, 3.8) is 0 Å². The zero-order chi connectivity index (χ0) is 15.5. The van der Waals surface area contributed by atoms with E-state index in [0.29, 0.717) is 23.3 Å². The monoisotopic (exact) mass is 308 g/mol. The van der Waals surface area contributed by atoms with Crippen LogP contribution in [0.1, 0.15) is 20.8 Å². The number of nitrogens with one attached hydrogen (secondary N) is 1. The summed E-state index contributed by atoms with van der Waals surface area (Å²) < 4.78 is 5.21. The number of hydrogen-bond acceptors (Lipinski definition) is 5. The Kier molecular flexibility index (Phi) is 4.47. The highest BCUT2D eigenvalue weighted by atomic mass is 35.5. The molecule has 6 nitrogen and oxygen atoms in total. The number of carbonyl (C=O) groups is 1. The molecule has 1 amide bonds. The summed E-state index contributed by atoms with van der Waals surface area (Å²) in [4.78, 5) is 21.8. The van der Waals surface area contributed by atoms with E-state index >= 15 is 0 Å². The number of hydrogen-bond donors (Lipinski definition) is 1. The van der Waals surface area contributed by atoms with E-state index in [1.54, 1.807) is 29.3 Å². The van der Waals surface area contributed by atoms with Gasteiger partial charge >= 0.3 is 6.09 Å². The van der Waals surface area contributed by atoms with Crippen molar-refractivity contribution >= 4 is 23.6 Å². The Bertz CT molecular complexity index is 593. The lowest BCUT2D eigenvalue weighted by Gasteiger charge is -2.24. The quantitative estimate of drug-likeness (QED) is 0.851. The molecule has 1 aliphatic rings. The van der Waals surface area contributed by atoms with Gasteiger partial charge in [-0.2, -0.15) is 0 Å². The predicted molar refractivity (Wildman–Crippen MR) is 81.0 cm³/mol. The highest BCUT2D eigenvalue weighted by Gasteiger charge is 2.19. The molecule has 7 heteroatoms. The summed E-state index contributed by atoms with van der Waals surface area (Å²) in [5.41, 5.74) is 0.153. The van der Waals surface area contributed by atoms with Crippen LogP contribution in [0.4, 0.5) is 10.7 Å². The Balaban J connectivity index is 2.00. The lowest BCUT2D eigenvalue weighted by atomic mass is 10.2. The zero-order valence-corrected chi connectivity index (χ0v) is 12.9. The highest BCUT2D eigenvalue weighted by molar-refractivity contribution is 6.29. The number of halogens is 1. The predicted octanol–water partition coefficient (Wildman–Crippen LogP) is 2.87. The van der Waals surface area contributed by atoms with Crippen molar-refractivity contribution in [2.24, 2.45) is 0 Å². The lowest BCUT2D eigenvalue weighted by Crippen LogP contribution is -2.36. The third kappa shape index (κ3) is 4.75. The Morgan fingerprint density at radius 1 is 1.48 bits per heavy atom. The van der Waals surface area contributed by atoms with Gasteiger partial charge < -0.3 is 9.64 Å². The van der Waals surface area contributed by atoms with Gasteiger partial charge in [0, 0.05) is 18.1 Å². The molecule has 0 saturated carbocycles. The standard InChI is InChI=1S/C14H17ClN4O2/c1-14(2,3)21-13(20)17-10-5-4-8-19(9-10)12-16-7-6-11(15)18-12/h4-8H,9H2,1-3H3,(H,17,20). The number of allylic oxidation sites excluding steroid dienone is 2. The Morgan fingerprint density at radius 3 is 2.90 bits per heavy atom. The topological polar surface area (TPSA) is 67.3 Å². The first-order chi connectivity index (χ1) is 9.83. The number of rotatable bonds is 2. The van der Waals surface area contributed by atoms with Crippen LogP contribution < -0.4 is 10.2 Å². The van der Waals surface area contributed by atoms with Crippen molar-refractivity contribution in [1.29, 1.82) is 0 Å². The van der Waals surface area contributed by atoms with E-state index in [1.807, 2.05) is 27.0 Å². The minimum atomic E-state index is -0.537. The van der Waals surface area contributed by atoms with Crippen molar-refractivity contribution in [2.45, 2.75) is 26.4 Å². The van der Waals surface area contributed by atoms with Crippen molar-refractivity contribution < 1.29 is 9.53 Å². The molecule has 0 radical (unpaired) electrons. The molecule has 21 heavy (non-hydrogen) atoms. The van der Waals surface area contributed by atoms with E-state index in [1.165, 1.54) is 0 Å². The third-order valence-electron chi connectivity index (χ3n) is 2.43. The Labute approximate surface area is 128 Å². The normalized spacial score (nSPS) is 14.7. The Hall–Kier alpha value is -2.08. The van der Waals surface area contributed by atoms with Crippen LogP contribution in [-0.2, 0) is 4.74 Å². The second-order valence-electron chi connectivity index (χ2n) is 5.47. The van der Waals surface area contributed by atoms with Crippen molar-refractivity contribution in [3.8, 4) is 0 Å². The van der Waals surface area contributed by atoms with Gasteiger partial charge in [0.05, 0.1) is 6.54 Å². The van der Waals surface area contributed by atoms with Crippen LogP contribution >= 0.6 is 11.6 Å². The molecule has 0 aliphatic carbocycles. The molecule has 0 saturated heterocycles. The van der Waals surface area contributed by atoms with E-state index in [0.717, 1.165) is 0 Å². The molecule has 0 atom stereocenters. The summed E-state index contributed by atoms with van der Waals surface area (Å²) >= 11 is 5.85. The van der Waals surface area contributed by atoms with Crippen molar-refractivity contribution in [3.05, 3.63) is 41.5 Å². The van der Waals surface area contributed by atoms with Gasteiger partial charge in [-0.1, -0.05) is 11.6 Å². The van der Waals surface area contributed by atoms with Crippen LogP contribution in [0.5, 0.6) is 0 Å². The van der Waals surface area contributed by atoms with Gasteiger partial charge in [-0.3, -0.25) is 5.32 Å². The van der Waals surface area contributed by atoms with E-state index in [-0.39, 0.29) is 0 Å². The number of anilines is 1. The fourth-order valence-corrected chi connectivity index (χ4v) is 1.80. The maximum absolute atomic E-state index is 11.8. The lowest BCUT2D eigenvalue weighted by molar-refractivity contribution is 0.0545. The minimum absolute atomic E-state index is 0.365. The number of amides is 1. The van der Waals surface area contributed by atoms with Crippen molar-refractivity contribution in [2.75, 3.05) is 11.4 Å². The first-order valence-electron chi connectivity index (χ1n) is 6.46. The van der Waals surface area contributed by atoms with Gasteiger partial charge in [-0.05, 0) is 39.0 Å². The molecule has 0 fully saturated rings. The fraction of sp³-hybridized carbons (Fsp3) is 0.357. The zero-order valence-electron chi connectivity index (χ0n) is 12.1. The molecule has 2 heterocycles. The first kappa shape index (κ1) is 15.3. The number of alkyl carbamates (subject to hydrolysis) is 1. The van der Waals surface area contributed by atoms with E-state index in [2.05, 4.69) is 15.3 Å². The molecule has 112 valence electrons. The average molecular weight is 309 g/mol. The maximum atomic E-state index is 11.8. The van der Waals surface area contributed by atoms with Gasteiger partial charge in [-0.25, -0.2) is 14.8 Å². The van der Waals surface area contributed by atoms with Gasteiger partial charge in [0.2, 0.25) is 5.95 Å². The van der Waals surface area contributed by atoms with Gasteiger partial charge in [-0.15, -0.1) is 0 Å². The molecular weight excluding hydrogens is 292 g/mol. The van der Waals surface area contributed by atoms with Crippen LogP contribution in [0.2, 0.25) is 5.15 Å². The van der Waals surface area contributed by atoms with Gasteiger partial charge in [0.1, 0.15) is 10.8 Å². The van der Waals surface area contributed by atoms with E-state index < -0.39 is 11.7 Å². The molecular formula is C14H17ClN4O2. The summed E-state index contributed by atoms with van der Waals surface area (Å²) in [5, 5.41) is 3.07. The van der Waals surface area contributed by atoms with E-state index in [4.69, 9.17) is 16.3 Å². The average Bonchev–Trinajstić information content (AvgIpc) is 2.36. The number of nitrogens with zero attached hydrogens (tertiary/aromatic N) is 3. The molecule has 2 rings (SSSR count). The SMILES string of the molecule is CC(C)(C)OC(=O)NC1=CC=CN(c2nccc(Cl)n2)C1. The van der Waals surface area contributed by atoms with Crippen LogP contribution in [0.3, 0.4) is 0 Å². The molecule has 0 bridgehead atoms. The minimum Gasteiger partial charge on any atom is -0.444 e. The third-order valence-corrected chi connectivity index (χ3v) is 2.64. The van der Waals surface area contributed by atoms with Gasteiger partial charge in [0.15, 0.2) is 0 Å². The molecule has 0 spiro atoms. The number of carbonyl (C=O) groups excluding carboxylic acids is 1. The van der Waals surface area contributed by atoms with Gasteiger partial charge in [0.25, 0.3) is 0 Å². The maximum Gasteiger partial charge on any atom is 0.411 e. The molecule has 0 unspecified atom stereocenters. The largest absolute Gasteiger partial charge is 0.444 e. The van der Waals surface area contributed by atoms with E-state index in [9.17, 15) is 4.79 Å². The Morgan fingerprint density at radius 2 is 2.24 bits per heavy atom. The molecule has 1 N–H and O–H groups in total.